The molecular weight excluding hydrogens is 1040 g/mol. The van der Waals surface area contributed by atoms with Crippen molar-refractivity contribution in [1.82, 2.24) is 4.98 Å². The Labute approximate surface area is 470 Å². The summed E-state index contributed by atoms with van der Waals surface area (Å²) in [6, 6.07) is 23.6. The van der Waals surface area contributed by atoms with Gasteiger partial charge in [-0.15, -0.1) is 11.3 Å². The first kappa shape index (κ1) is 58.6. The average molecular weight is 1110 g/mol. The number of carbonyl (C=O) groups is 6. The topological polar surface area (TPSA) is 193 Å². The molecule has 0 amide bonds. The van der Waals surface area contributed by atoms with Crippen molar-refractivity contribution in [3.63, 3.8) is 0 Å². The predicted octanol–water partition coefficient (Wildman–Crippen LogP) is 13.5. The van der Waals surface area contributed by atoms with Crippen molar-refractivity contribution in [3.8, 4) is 39.5 Å². The van der Waals surface area contributed by atoms with E-state index in [0.717, 1.165) is 95.9 Å². The van der Waals surface area contributed by atoms with Crippen LogP contribution in [0.15, 0.2) is 109 Å². The second kappa shape index (κ2) is 29.0. The number of aromatic nitrogens is 1. The summed E-state index contributed by atoms with van der Waals surface area (Å²) in [4.78, 5) is 81.9. The SMILES string of the molecule is C=CC(=O)OCCCCCCOc1ccc(OC(=O)C2CCC(C(=O)Cc3ccc(OC(=O)C4CCC(C(=O)Oc5ccc(OCCCCCCOC(=O)C=C)cc5)CC4)c4nc(-c5cc6c(C)cc(C)cc6o5)sc34)CC2)cc1. The van der Waals surface area contributed by atoms with Crippen LogP contribution in [0.1, 0.15) is 119 Å². The number of ether oxygens (including phenoxy) is 7. The van der Waals surface area contributed by atoms with E-state index in [1.165, 1.54) is 11.3 Å². The Hall–Kier alpha value is -7.59. The molecule has 6 aromatic rings. The lowest BCUT2D eigenvalue weighted by atomic mass is 9.79. The summed E-state index contributed by atoms with van der Waals surface area (Å²) in [5, 5.41) is 1.57. The van der Waals surface area contributed by atoms with Gasteiger partial charge in [-0.2, -0.15) is 0 Å². The summed E-state index contributed by atoms with van der Waals surface area (Å²) >= 11 is 1.39. The minimum absolute atomic E-state index is 0.0696. The number of nitrogens with zero attached hydrogens (tertiary/aromatic N) is 1. The third-order valence-electron chi connectivity index (χ3n) is 14.8. The van der Waals surface area contributed by atoms with Crippen LogP contribution < -0.4 is 23.7 Å². The fourth-order valence-corrected chi connectivity index (χ4v) is 11.3. The monoisotopic (exact) mass is 1110 g/mol. The van der Waals surface area contributed by atoms with Crippen LogP contribution in [0.5, 0.6) is 28.7 Å². The van der Waals surface area contributed by atoms with E-state index in [-0.39, 0.29) is 41.9 Å². The number of benzene rings is 4. The van der Waals surface area contributed by atoms with Crippen molar-refractivity contribution in [2.45, 2.75) is 123 Å². The molecule has 0 saturated heterocycles. The van der Waals surface area contributed by atoms with Crippen LogP contribution in [0, 0.1) is 37.5 Å². The molecule has 0 unspecified atom stereocenters. The Morgan fingerprint density at radius 1 is 0.562 bits per heavy atom. The quantitative estimate of drug-likeness (QED) is 0.0195. The molecule has 4 aromatic carbocycles. The van der Waals surface area contributed by atoms with Gasteiger partial charge < -0.3 is 37.6 Å². The first-order chi connectivity index (χ1) is 38.8. The zero-order valence-electron chi connectivity index (χ0n) is 45.8. The lowest BCUT2D eigenvalue weighted by Gasteiger charge is -2.26. The molecule has 2 heterocycles. The average Bonchev–Trinajstić information content (AvgIpc) is 4.27. The first-order valence-corrected chi connectivity index (χ1v) is 28.8. The summed E-state index contributed by atoms with van der Waals surface area (Å²) in [7, 11) is 0. The Kier molecular flexibility index (Phi) is 21.3. The molecule has 0 atom stereocenters. The molecule has 422 valence electrons. The highest BCUT2D eigenvalue weighted by molar-refractivity contribution is 7.21. The second-order valence-corrected chi connectivity index (χ2v) is 21.7. The highest BCUT2D eigenvalue weighted by Crippen LogP contribution is 2.42. The first-order valence-electron chi connectivity index (χ1n) is 28.0. The summed E-state index contributed by atoms with van der Waals surface area (Å²) in [5.41, 5.74) is 4.13. The molecule has 0 bridgehead atoms. The van der Waals surface area contributed by atoms with Crippen molar-refractivity contribution >= 4 is 68.2 Å². The zero-order chi connectivity index (χ0) is 56.4. The number of unbranched alkanes of at least 4 members (excludes halogenated alkanes) is 6. The molecule has 0 radical (unpaired) electrons. The van der Waals surface area contributed by atoms with Gasteiger partial charge in [0, 0.05) is 29.9 Å². The highest BCUT2D eigenvalue weighted by atomic mass is 32.1. The number of carbonyl (C=O) groups excluding carboxylic acids is 6. The smallest absolute Gasteiger partial charge is 0.330 e. The Morgan fingerprint density at radius 3 is 1.52 bits per heavy atom. The van der Waals surface area contributed by atoms with Crippen molar-refractivity contribution in [3.05, 3.63) is 121 Å². The number of thiazole rings is 1. The minimum atomic E-state index is -0.435. The largest absolute Gasteiger partial charge is 0.494 e. The van der Waals surface area contributed by atoms with E-state index in [9.17, 15) is 28.8 Å². The van der Waals surface area contributed by atoms with Gasteiger partial charge in [0.15, 0.2) is 16.5 Å². The van der Waals surface area contributed by atoms with Crippen LogP contribution >= 0.6 is 11.3 Å². The fraction of sp³-hybridized carbons (Fsp3) is 0.422. The maximum atomic E-state index is 14.1. The van der Waals surface area contributed by atoms with Gasteiger partial charge in [-0.25, -0.2) is 14.6 Å². The lowest BCUT2D eigenvalue weighted by molar-refractivity contribution is -0.145. The molecule has 0 N–H and O–H groups in total. The number of ketones is 1. The van der Waals surface area contributed by atoms with Crippen molar-refractivity contribution in [1.29, 1.82) is 0 Å². The maximum Gasteiger partial charge on any atom is 0.330 e. The van der Waals surface area contributed by atoms with Gasteiger partial charge in [-0.1, -0.05) is 25.3 Å². The van der Waals surface area contributed by atoms with Crippen molar-refractivity contribution in [2.24, 2.45) is 23.7 Å². The van der Waals surface area contributed by atoms with E-state index >= 15 is 0 Å². The molecule has 2 fully saturated rings. The summed E-state index contributed by atoms with van der Waals surface area (Å²) < 4.78 is 46.4. The Balaban J connectivity index is 0.821. The highest BCUT2D eigenvalue weighted by Gasteiger charge is 2.34. The lowest BCUT2D eigenvalue weighted by Crippen LogP contribution is -2.30. The van der Waals surface area contributed by atoms with Crippen LogP contribution in [-0.2, 0) is 44.7 Å². The molecule has 15 nitrogen and oxygen atoms in total. The zero-order valence-corrected chi connectivity index (χ0v) is 46.6. The van der Waals surface area contributed by atoms with Gasteiger partial charge in [0.05, 0.1) is 48.9 Å². The molecule has 2 aromatic heterocycles. The Morgan fingerprint density at radius 2 is 1.02 bits per heavy atom. The molecule has 2 aliphatic rings. The number of fused-ring (bicyclic) bond motifs is 2. The fourth-order valence-electron chi connectivity index (χ4n) is 10.3. The van der Waals surface area contributed by atoms with E-state index in [1.54, 1.807) is 54.6 Å². The third-order valence-corrected chi connectivity index (χ3v) is 15.9. The van der Waals surface area contributed by atoms with Gasteiger partial charge >= 0.3 is 29.8 Å². The Bertz CT molecular complexity index is 2960. The number of hydrogen-bond donors (Lipinski definition) is 0. The van der Waals surface area contributed by atoms with Crippen LogP contribution in [-0.4, -0.2) is 67.0 Å². The van der Waals surface area contributed by atoms with E-state index in [0.29, 0.717) is 123 Å². The summed E-state index contributed by atoms with van der Waals surface area (Å²) in [5.74, 6) is -0.107. The van der Waals surface area contributed by atoms with Crippen LogP contribution in [0.2, 0.25) is 0 Å². The van der Waals surface area contributed by atoms with Gasteiger partial charge in [-0.05, 0) is 200 Å². The molecule has 16 heteroatoms. The normalized spacial score (nSPS) is 17.0. The molecular formula is C64H71NO14S. The number of aryl methyl sites for hydroxylation is 2. The number of Topliss-reactive ketones (excluding diaryl/α,β-unsaturated/α-hetero) is 1. The number of furan rings is 1. The van der Waals surface area contributed by atoms with Crippen LogP contribution in [0.3, 0.4) is 0 Å². The van der Waals surface area contributed by atoms with Gasteiger partial charge in [0.25, 0.3) is 0 Å². The number of rotatable bonds is 28. The number of hydrogen-bond acceptors (Lipinski definition) is 16. The molecule has 0 aliphatic heterocycles. The van der Waals surface area contributed by atoms with E-state index in [1.807, 2.05) is 32.0 Å². The van der Waals surface area contributed by atoms with Gasteiger partial charge in [-0.3, -0.25) is 19.2 Å². The van der Waals surface area contributed by atoms with Crippen molar-refractivity contribution < 1.29 is 66.3 Å². The van der Waals surface area contributed by atoms with E-state index in [2.05, 4.69) is 19.2 Å². The second-order valence-electron chi connectivity index (χ2n) is 20.7. The number of esters is 5. The van der Waals surface area contributed by atoms with E-state index < -0.39 is 23.8 Å². The van der Waals surface area contributed by atoms with Crippen LogP contribution in [0.4, 0.5) is 0 Å². The molecule has 80 heavy (non-hydrogen) atoms. The molecule has 0 spiro atoms. The van der Waals surface area contributed by atoms with Gasteiger partial charge in [0.2, 0.25) is 0 Å². The standard InChI is InChI=1S/C64H71NO14S/c1-5-57(67)74-35-13-9-7-11-33-72-48-24-28-50(29-25-48)76-62(69)44-17-15-43(16-18-44)53(66)39-47-23-32-54(59-60(47)80-61(65-59)56-40-52-42(4)37-41(3)38-55(52)78-56)79-64(71)46-21-19-45(20-22-46)63(70)77-51-30-26-49(27-31-51)73-34-12-8-10-14-36-75-58(68)6-2/h5-6,23-32,37-38,40,43-46H,1-2,7-22,33-36,39H2,3-4H3. The van der Waals surface area contributed by atoms with E-state index in [4.69, 9.17) is 42.6 Å². The third kappa shape index (κ3) is 16.5. The van der Waals surface area contributed by atoms with Gasteiger partial charge in [0.1, 0.15) is 39.9 Å². The molecule has 2 saturated carbocycles. The summed E-state index contributed by atoms with van der Waals surface area (Å²) in [6.07, 6.45) is 13.5. The summed E-state index contributed by atoms with van der Waals surface area (Å²) in [6.45, 7) is 12.7. The predicted molar refractivity (Wildman–Crippen MR) is 304 cm³/mol. The molecule has 2 aliphatic carbocycles. The molecule has 8 rings (SSSR count). The van der Waals surface area contributed by atoms with Crippen molar-refractivity contribution in [2.75, 3.05) is 26.4 Å². The van der Waals surface area contributed by atoms with Crippen LogP contribution in [0.25, 0.3) is 32.0 Å². The maximum absolute atomic E-state index is 14.1. The minimum Gasteiger partial charge on any atom is -0.494 e.